The third-order valence-corrected chi connectivity index (χ3v) is 4.52. The van der Waals surface area contributed by atoms with Crippen LogP contribution in [0, 0.1) is 22.7 Å². The molecule has 1 nitrogen and oxygen atoms in total. The highest BCUT2D eigenvalue weighted by atomic mass is 35.5. The molecule has 0 amide bonds. The maximum atomic E-state index is 12.8. The summed E-state index contributed by atoms with van der Waals surface area (Å²) >= 11 is 11.2. The third kappa shape index (κ3) is 2.55. The van der Waals surface area contributed by atoms with Crippen molar-refractivity contribution in [3.63, 3.8) is 0 Å². The molecule has 104 valence electrons. The summed E-state index contributed by atoms with van der Waals surface area (Å²) in [6, 6.07) is 0. The summed E-state index contributed by atoms with van der Waals surface area (Å²) in [4.78, 5) is 11.1. The van der Waals surface area contributed by atoms with Gasteiger partial charge < -0.3 is 0 Å². The monoisotopic (exact) mass is 302 g/mol. The van der Waals surface area contributed by atoms with Gasteiger partial charge in [0.25, 0.3) is 0 Å². The van der Waals surface area contributed by atoms with E-state index in [0.717, 1.165) is 0 Å². The molecule has 0 aromatic carbocycles. The Bertz CT molecular complexity index is 356. The van der Waals surface area contributed by atoms with Crippen LogP contribution >= 0.6 is 23.2 Å². The minimum atomic E-state index is -1.93. The summed E-state index contributed by atoms with van der Waals surface area (Å²) < 4.78 is 38.4. The van der Waals surface area contributed by atoms with Crippen LogP contribution in [-0.4, -0.2) is 25.3 Å². The van der Waals surface area contributed by atoms with Gasteiger partial charge in [-0.15, -0.1) is 0 Å². The summed E-state index contributed by atoms with van der Waals surface area (Å²) in [6.45, 7) is -0.0670. The van der Waals surface area contributed by atoms with E-state index in [1.807, 2.05) is 0 Å². The first-order chi connectivity index (χ1) is 8.26. The smallest absolute Gasteiger partial charge is 0.225 e. The number of rotatable bonds is 6. The molecule has 0 saturated heterocycles. The van der Waals surface area contributed by atoms with Crippen LogP contribution in [0.2, 0.25) is 0 Å². The van der Waals surface area contributed by atoms with Gasteiger partial charge in [-0.3, -0.25) is 4.79 Å². The van der Waals surface area contributed by atoms with Crippen LogP contribution in [0.4, 0.5) is 13.2 Å². The van der Waals surface area contributed by atoms with E-state index in [9.17, 15) is 18.0 Å². The van der Waals surface area contributed by atoms with Crippen molar-refractivity contribution < 1.29 is 18.0 Å². The average Bonchev–Trinajstić information content (AvgIpc) is 2.83. The molecular formula is C12H15Cl2F3O. The van der Waals surface area contributed by atoms with Crippen molar-refractivity contribution >= 4 is 28.4 Å². The summed E-state index contributed by atoms with van der Waals surface area (Å²) in [6.07, 6.45) is 1.37. The molecule has 1 aliphatic rings. The van der Waals surface area contributed by atoms with Gasteiger partial charge >= 0.3 is 0 Å². The molecule has 0 aliphatic heterocycles. The molecule has 1 saturated carbocycles. The lowest BCUT2D eigenvalue weighted by molar-refractivity contribution is -0.113. The van der Waals surface area contributed by atoms with E-state index in [2.05, 4.69) is 0 Å². The normalized spacial score (nSPS) is 27.2. The Kier molecular flexibility index (Phi) is 4.76. The van der Waals surface area contributed by atoms with E-state index >= 15 is 0 Å². The Morgan fingerprint density at radius 3 is 1.94 bits per heavy atom. The van der Waals surface area contributed by atoms with E-state index < -0.39 is 42.0 Å². The summed E-state index contributed by atoms with van der Waals surface area (Å²) in [7, 11) is 0. The van der Waals surface area contributed by atoms with Crippen LogP contribution < -0.4 is 0 Å². The second-order valence-electron chi connectivity index (χ2n) is 5.32. The maximum absolute atomic E-state index is 12.8. The fourth-order valence-corrected chi connectivity index (χ4v) is 2.76. The van der Waals surface area contributed by atoms with Gasteiger partial charge in [0, 0.05) is 11.0 Å². The van der Waals surface area contributed by atoms with E-state index in [4.69, 9.17) is 23.2 Å². The zero-order valence-electron chi connectivity index (χ0n) is 10.2. The van der Waals surface area contributed by atoms with Crippen molar-refractivity contribution in [3.8, 4) is 0 Å². The minimum absolute atomic E-state index is 0.214. The van der Waals surface area contributed by atoms with E-state index in [1.54, 1.807) is 13.8 Å². The Morgan fingerprint density at radius 2 is 1.67 bits per heavy atom. The molecular weight excluding hydrogens is 288 g/mol. The second-order valence-corrected chi connectivity index (χ2v) is 6.10. The summed E-state index contributed by atoms with van der Waals surface area (Å²) in [5, 5.41) is -0.731. The van der Waals surface area contributed by atoms with Gasteiger partial charge in [-0.25, -0.2) is 13.2 Å². The number of hydrogen-bond acceptors (Lipinski definition) is 1. The molecule has 18 heavy (non-hydrogen) atoms. The minimum Gasteiger partial charge on any atom is -0.281 e. The number of carbonyl (C=O) groups is 1. The van der Waals surface area contributed by atoms with Gasteiger partial charge in [0.05, 0.1) is 5.41 Å². The van der Waals surface area contributed by atoms with Crippen LogP contribution in [0.1, 0.15) is 13.8 Å². The Balaban J connectivity index is 2.94. The van der Waals surface area contributed by atoms with Gasteiger partial charge in [0.15, 0.2) is 0 Å². The lowest BCUT2D eigenvalue weighted by atomic mass is 9.91. The fraction of sp³-hybridized carbons (Fsp3) is 0.750. The number of hydrogen-bond donors (Lipinski definition) is 0. The van der Waals surface area contributed by atoms with Crippen LogP contribution in [0.5, 0.6) is 0 Å². The van der Waals surface area contributed by atoms with E-state index in [-0.39, 0.29) is 11.0 Å². The molecule has 0 spiro atoms. The van der Waals surface area contributed by atoms with Gasteiger partial charge in [-0.05, 0) is 22.9 Å². The summed E-state index contributed by atoms with van der Waals surface area (Å²) in [5.41, 5.74) is -2.34. The van der Waals surface area contributed by atoms with Crippen molar-refractivity contribution in [2.75, 3.05) is 20.0 Å². The number of allylic oxidation sites excluding steroid dienone is 2. The van der Waals surface area contributed by atoms with Crippen LogP contribution in [0.25, 0.3) is 0 Å². The van der Waals surface area contributed by atoms with Crippen molar-refractivity contribution in [3.05, 3.63) is 11.1 Å². The van der Waals surface area contributed by atoms with E-state index in [0.29, 0.717) is 0 Å². The van der Waals surface area contributed by atoms with Crippen molar-refractivity contribution in [2.45, 2.75) is 13.8 Å². The highest BCUT2D eigenvalue weighted by Crippen LogP contribution is 2.61. The van der Waals surface area contributed by atoms with Gasteiger partial charge in [-0.2, -0.15) is 0 Å². The first-order valence-corrected chi connectivity index (χ1v) is 6.27. The highest BCUT2D eigenvalue weighted by Gasteiger charge is 2.60. The molecule has 2 atom stereocenters. The molecule has 1 rings (SSSR count). The summed E-state index contributed by atoms with van der Waals surface area (Å²) in [5.74, 6) is -0.747. The Hall–Kier alpha value is -0.220. The largest absolute Gasteiger partial charge is 0.281 e. The Labute approximate surface area is 114 Å². The Morgan fingerprint density at radius 1 is 1.22 bits per heavy atom. The van der Waals surface area contributed by atoms with E-state index in [1.165, 1.54) is 6.08 Å². The quantitative estimate of drug-likeness (QED) is 0.677. The molecule has 2 unspecified atom stereocenters. The second kappa shape index (κ2) is 5.41. The molecule has 6 heteroatoms. The first kappa shape index (κ1) is 15.8. The number of alkyl halides is 3. The molecule has 0 heterocycles. The van der Waals surface area contributed by atoms with Crippen LogP contribution in [0.15, 0.2) is 11.1 Å². The lowest BCUT2D eigenvalue weighted by Gasteiger charge is -2.23. The molecule has 1 aliphatic carbocycles. The third-order valence-electron chi connectivity index (χ3n) is 3.76. The first-order valence-electron chi connectivity index (χ1n) is 5.52. The molecule has 1 fully saturated rings. The zero-order chi connectivity index (χ0) is 14.1. The average molecular weight is 303 g/mol. The highest BCUT2D eigenvalue weighted by molar-refractivity contribution is 6.64. The van der Waals surface area contributed by atoms with Crippen molar-refractivity contribution in [1.82, 2.24) is 0 Å². The standard InChI is InChI=1S/C12H15Cl2F3O/c1-11(2)7(9(11)10(14)18)3-8(13)12(4-15,5-16)6-17/h3,7,9H,4-6H2,1-2H3/b8-3+. The number of halogens is 5. The van der Waals surface area contributed by atoms with Gasteiger partial charge in [0.2, 0.25) is 5.24 Å². The van der Waals surface area contributed by atoms with Crippen molar-refractivity contribution in [1.29, 1.82) is 0 Å². The molecule has 0 aromatic rings. The molecule has 0 N–H and O–H groups in total. The molecule has 0 radical (unpaired) electrons. The van der Waals surface area contributed by atoms with Gasteiger partial charge in [-0.1, -0.05) is 31.5 Å². The topological polar surface area (TPSA) is 17.1 Å². The lowest BCUT2D eigenvalue weighted by Crippen LogP contribution is -2.29. The van der Waals surface area contributed by atoms with Gasteiger partial charge in [0.1, 0.15) is 20.0 Å². The maximum Gasteiger partial charge on any atom is 0.225 e. The zero-order valence-corrected chi connectivity index (χ0v) is 11.7. The molecule has 0 aromatic heterocycles. The molecule has 0 bridgehead atoms. The van der Waals surface area contributed by atoms with Crippen molar-refractivity contribution in [2.24, 2.45) is 22.7 Å². The predicted octanol–water partition coefficient (Wildman–Crippen LogP) is 4.04. The van der Waals surface area contributed by atoms with Crippen LogP contribution in [-0.2, 0) is 4.79 Å². The SMILES string of the molecule is CC1(C)C(/C=C(/Cl)C(CF)(CF)CF)C1C(=O)Cl. The predicted molar refractivity (Wildman–Crippen MR) is 65.9 cm³/mol. The number of carbonyl (C=O) groups excluding carboxylic acids is 1. The fourth-order valence-electron chi connectivity index (χ4n) is 2.06. The van der Waals surface area contributed by atoms with Crippen LogP contribution in [0.3, 0.4) is 0 Å².